The summed E-state index contributed by atoms with van der Waals surface area (Å²) in [6.45, 7) is 1.33. The van der Waals surface area contributed by atoms with E-state index in [4.69, 9.17) is 4.74 Å². The Hall–Kier alpha value is -3.09. The van der Waals surface area contributed by atoms with Crippen molar-refractivity contribution in [1.29, 1.82) is 0 Å². The highest BCUT2D eigenvalue weighted by Crippen LogP contribution is 2.22. The van der Waals surface area contributed by atoms with E-state index in [1.807, 2.05) is 48.3 Å². The smallest absolute Gasteiger partial charge is 0.223 e. The summed E-state index contributed by atoms with van der Waals surface area (Å²) >= 11 is 0. The fourth-order valence-electron chi connectivity index (χ4n) is 3.60. The van der Waals surface area contributed by atoms with Crippen molar-refractivity contribution in [2.24, 2.45) is 0 Å². The van der Waals surface area contributed by atoms with Gasteiger partial charge < -0.3 is 19.5 Å². The minimum atomic E-state index is -0.0260. The van der Waals surface area contributed by atoms with Gasteiger partial charge in [-0.15, -0.1) is 0 Å². The number of ether oxygens (including phenoxy) is 1. The van der Waals surface area contributed by atoms with Crippen molar-refractivity contribution in [2.45, 2.75) is 25.4 Å². The molecule has 0 bridgehead atoms. The average molecular weight is 379 g/mol. The molecule has 1 amide bonds. The zero-order chi connectivity index (χ0) is 19.5. The summed E-state index contributed by atoms with van der Waals surface area (Å²) in [5, 5.41) is 1.19. The highest BCUT2D eigenvalue weighted by Gasteiger charge is 2.27. The molecule has 1 aromatic carbocycles. The van der Waals surface area contributed by atoms with Gasteiger partial charge in [-0.25, -0.2) is 9.97 Å². The lowest BCUT2D eigenvalue weighted by atomic mass is 10.1. The van der Waals surface area contributed by atoms with Crippen molar-refractivity contribution in [1.82, 2.24) is 19.9 Å². The van der Waals surface area contributed by atoms with Gasteiger partial charge in [-0.1, -0.05) is 18.2 Å². The van der Waals surface area contributed by atoms with E-state index in [0.717, 1.165) is 30.7 Å². The Morgan fingerprint density at radius 3 is 3.04 bits per heavy atom. The molecule has 146 valence electrons. The number of likely N-dealkylation sites (tertiary alicyclic amines) is 1. The fraction of sp³-hybridized carbons (Fsp3) is 0.381. The van der Waals surface area contributed by atoms with Crippen LogP contribution in [0.2, 0.25) is 0 Å². The van der Waals surface area contributed by atoms with Crippen LogP contribution in [0.1, 0.15) is 18.4 Å². The second-order valence-electron chi connectivity index (χ2n) is 7.34. The van der Waals surface area contributed by atoms with Crippen molar-refractivity contribution in [2.75, 3.05) is 32.1 Å². The van der Waals surface area contributed by atoms with Gasteiger partial charge in [0.2, 0.25) is 11.8 Å². The molecule has 0 spiro atoms. The van der Waals surface area contributed by atoms with Gasteiger partial charge in [0.25, 0.3) is 0 Å². The number of aromatic nitrogens is 3. The summed E-state index contributed by atoms with van der Waals surface area (Å²) < 4.78 is 5.98. The van der Waals surface area contributed by atoms with Gasteiger partial charge in [0.15, 0.2) is 0 Å². The van der Waals surface area contributed by atoms with Gasteiger partial charge in [0.1, 0.15) is 18.2 Å². The lowest BCUT2D eigenvalue weighted by Crippen LogP contribution is -2.31. The molecule has 0 saturated carbocycles. The predicted octanol–water partition coefficient (Wildman–Crippen LogP) is 2.64. The molecule has 0 aliphatic carbocycles. The Labute approximate surface area is 164 Å². The molecular formula is C21H25N5O2. The van der Waals surface area contributed by atoms with Crippen LogP contribution < -0.4 is 9.64 Å². The molecule has 3 heterocycles. The Balaban J connectivity index is 1.31. The van der Waals surface area contributed by atoms with E-state index in [1.165, 1.54) is 17.3 Å². The lowest BCUT2D eigenvalue weighted by molar-refractivity contribution is -0.130. The third kappa shape index (κ3) is 3.93. The second kappa shape index (κ2) is 7.88. The standard InChI is InChI=1S/C21H25N5O2/c1-25(2)19-11-20(24-14-23-19)28-16-9-10-26(13-16)21(27)8-7-15-12-22-18-6-4-3-5-17(15)18/h3-6,11-12,14,16,22H,7-10,13H2,1-2H3. The number of H-pyrrole nitrogens is 1. The summed E-state index contributed by atoms with van der Waals surface area (Å²) in [4.78, 5) is 28.1. The SMILES string of the molecule is CN(C)c1cc(OC2CCN(C(=O)CCc3c[nH]c4ccccc34)C2)ncn1. The molecule has 1 unspecified atom stereocenters. The van der Waals surface area contributed by atoms with Crippen LogP contribution in [-0.4, -0.2) is 59.0 Å². The van der Waals surface area contributed by atoms with Crippen molar-refractivity contribution in [3.63, 3.8) is 0 Å². The number of fused-ring (bicyclic) bond motifs is 1. The van der Waals surface area contributed by atoms with Gasteiger partial charge >= 0.3 is 0 Å². The summed E-state index contributed by atoms with van der Waals surface area (Å²) in [6, 6.07) is 10.0. The first-order chi connectivity index (χ1) is 13.6. The van der Waals surface area contributed by atoms with Gasteiger partial charge in [-0.3, -0.25) is 4.79 Å². The molecule has 7 nitrogen and oxygen atoms in total. The molecule has 2 aromatic heterocycles. The molecule has 1 N–H and O–H groups in total. The Bertz CT molecular complexity index is 968. The largest absolute Gasteiger partial charge is 0.472 e. The monoisotopic (exact) mass is 379 g/mol. The number of nitrogens with zero attached hydrogens (tertiary/aromatic N) is 4. The number of carbonyl (C=O) groups excluding carboxylic acids is 1. The lowest BCUT2D eigenvalue weighted by Gasteiger charge is -2.17. The number of hydrogen-bond acceptors (Lipinski definition) is 5. The van der Waals surface area contributed by atoms with E-state index >= 15 is 0 Å². The van der Waals surface area contributed by atoms with Crippen molar-refractivity contribution in [3.05, 3.63) is 48.4 Å². The van der Waals surface area contributed by atoms with Crippen LogP contribution in [0.15, 0.2) is 42.9 Å². The quantitative estimate of drug-likeness (QED) is 0.713. The van der Waals surface area contributed by atoms with Crippen molar-refractivity contribution < 1.29 is 9.53 Å². The first-order valence-electron chi connectivity index (χ1n) is 9.59. The highest BCUT2D eigenvalue weighted by atomic mass is 16.5. The number of amides is 1. The van der Waals surface area contributed by atoms with Crippen LogP contribution in [0.25, 0.3) is 10.9 Å². The number of benzene rings is 1. The number of para-hydroxylation sites is 1. The Morgan fingerprint density at radius 2 is 2.18 bits per heavy atom. The van der Waals surface area contributed by atoms with Crippen molar-refractivity contribution >= 4 is 22.6 Å². The highest BCUT2D eigenvalue weighted by molar-refractivity contribution is 5.84. The average Bonchev–Trinajstić information content (AvgIpc) is 3.33. The van der Waals surface area contributed by atoms with Crippen LogP contribution in [0.3, 0.4) is 0 Å². The maximum atomic E-state index is 12.6. The van der Waals surface area contributed by atoms with Crippen LogP contribution in [0, 0.1) is 0 Å². The minimum absolute atomic E-state index is 0.0260. The van der Waals surface area contributed by atoms with E-state index in [1.54, 1.807) is 0 Å². The van der Waals surface area contributed by atoms with E-state index in [9.17, 15) is 4.79 Å². The normalized spacial score (nSPS) is 16.5. The number of anilines is 1. The zero-order valence-corrected chi connectivity index (χ0v) is 16.3. The first-order valence-corrected chi connectivity index (χ1v) is 9.59. The molecule has 1 fully saturated rings. The maximum Gasteiger partial charge on any atom is 0.223 e. The summed E-state index contributed by atoms with van der Waals surface area (Å²) in [5.41, 5.74) is 2.30. The van der Waals surface area contributed by atoms with Crippen LogP contribution in [0.4, 0.5) is 5.82 Å². The fourth-order valence-corrected chi connectivity index (χ4v) is 3.60. The molecular weight excluding hydrogens is 354 g/mol. The second-order valence-corrected chi connectivity index (χ2v) is 7.34. The van der Waals surface area contributed by atoms with E-state index in [2.05, 4.69) is 27.1 Å². The molecule has 1 saturated heterocycles. The first kappa shape index (κ1) is 18.3. The van der Waals surface area contributed by atoms with Gasteiger partial charge in [0.05, 0.1) is 6.54 Å². The third-order valence-electron chi connectivity index (χ3n) is 5.15. The molecule has 4 rings (SSSR count). The molecule has 0 radical (unpaired) electrons. The minimum Gasteiger partial charge on any atom is -0.472 e. The van der Waals surface area contributed by atoms with Gasteiger partial charge in [-0.2, -0.15) is 0 Å². The predicted molar refractivity (Wildman–Crippen MR) is 109 cm³/mol. The summed E-state index contributed by atoms with van der Waals surface area (Å²) in [5.74, 6) is 1.53. The molecule has 7 heteroatoms. The summed E-state index contributed by atoms with van der Waals surface area (Å²) in [6.07, 6.45) is 5.55. The molecule has 1 aliphatic heterocycles. The summed E-state index contributed by atoms with van der Waals surface area (Å²) in [7, 11) is 3.85. The number of rotatable bonds is 6. The Kier molecular flexibility index (Phi) is 5.14. The molecule has 3 aromatic rings. The van der Waals surface area contributed by atoms with Crippen LogP contribution >= 0.6 is 0 Å². The Morgan fingerprint density at radius 1 is 1.32 bits per heavy atom. The van der Waals surface area contributed by atoms with E-state index in [-0.39, 0.29) is 12.0 Å². The molecule has 28 heavy (non-hydrogen) atoms. The zero-order valence-electron chi connectivity index (χ0n) is 16.3. The van der Waals surface area contributed by atoms with E-state index in [0.29, 0.717) is 18.8 Å². The van der Waals surface area contributed by atoms with Gasteiger partial charge in [0, 0.05) is 56.6 Å². The molecule has 1 atom stereocenters. The number of aromatic amines is 1. The van der Waals surface area contributed by atoms with Crippen molar-refractivity contribution in [3.8, 4) is 5.88 Å². The van der Waals surface area contributed by atoms with Crippen LogP contribution in [0.5, 0.6) is 5.88 Å². The van der Waals surface area contributed by atoms with E-state index < -0.39 is 0 Å². The number of hydrogen-bond donors (Lipinski definition) is 1. The molecule has 1 aliphatic rings. The maximum absolute atomic E-state index is 12.6. The number of carbonyl (C=O) groups is 1. The van der Waals surface area contributed by atoms with Crippen LogP contribution in [-0.2, 0) is 11.2 Å². The number of nitrogens with one attached hydrogen (secondary N) is 1. The topological polar surface area (TPSA) is 74.3 Å². The third-order valence-corrected chi connectivity index (χ3v) is 5.15. The van der Waals surface area contributed by atoms with Gasteiger partial charge in [-0.05, 0) is 18.1 Å². The number of aryl methyl sites for hydroxylation is 1.